The largest absolute Gasteiger partial charge is 0.497 e. The number of para-hydroxylation sites is 1. The molecule has 1 aliphatic heterocycles. The molecule has 47 heavy (non-hydrogen) atoms. The van der Waals surface area contributed by atoms with E-state index in [9.17, 15) is 9.59 Å². The van der Waals surface area contributed by atoms with Crippen molar-refractivity contribution in [3.8, 4) is 28.8 Å². The van der Waals surface area contributed by atoms with E-state index in [-0.39, 0.29) is 11.8 Å². The van der Waals surface area contributed by atoms with Gasteiger partial charge < -0.3 is 28.9 Å². The van der Waals surface area contributed by atoms with Crippen LogP contribution in [-0.2, 0) is 16.0 Å². The molecule has 3 aromatic carbocycles. The van der Waals surface area contributed by atoms with Crippen molar-refractivity contribution in [3.63, 3.8) is 0 Å². The van der Waals surface area contributed by atoms with Gasteiger partial charge in [0.05, 0.1) is 25.6 Å². The van der Waals surface area contributed by atoms with Crippen LogP contribution < -0.4 is 14.2 Å². The van der Waals surface area contributed by atoms with Crippen LogP contribution in [-0.4, -0.2) is 97.8 Å². The Hall–Kier alpha value is -5.09. The number of carbonyl (C=O) groups excluding carboxylic acids is 2. The molecule has 1 aromatic heterocycles. The Bertz CT molecular complexity index is 1700. The van der Waals surface area contributed by atoms with Gasteiger partial charge in [0.1, 0.15) is 17.2 Å². The van der Waals surface area contributed by atoms with Gasteiger partial charge in [-0.1, -0.05) is 30.3 Å². The van der Waals surface area contributed by atoms with Crippen molar-refractivity contribution in [1.29, 1.82) is 0 Å². The van der Waals surface area contributed by atoms with Gasteiger partial charge in [-0.15, -0.1) is 0 Å². The lowest BCUT2D eigenvalue weighted by molar-refractivity contribution is -0.132. The summed E-state index contributed by atoms with van der Waals surface area (Å²) in [4.78, 5) is 32.2. The molecule has 0 radical (unpaired) electrons. The summed E-state index contributed by atoms with van der Waals surface area (Å²) in [5, 5.41) is 4.82. The molecule has 1 saturated heterocycles. The van der Waals surface area contributed by atoms with E-state index in [2.05, 4.69) is 11.9 Å². The van der Waals surface area contributed by atoms with Gasteiger partial charge in [-0.2, -0.15) is 5.10 Å². The van der Waals surface area contributed by atoms with Crippen LogP contribution in [0, 0.1) is 6.92 Å². The normalized spacial score (nSPS) is 13.7. The van der Waals surface area contributed by atoms with Gasteiger partial charge in [0.15, 0.2) is 0 Å². The monoisotopic (exact) mass is 637 g/mol. The number of aromatic nitrogens is 2. The molecule has 246 valence electrons. The van der Waals surface area contributed by atoms with Crippen molar-refractivity contribution in [2.45, 2.75) is 19.8 Å². The van der Waals surface area contributed by atoms with Crippen LogP contribution in [0.2, 0.25) is 0 Å². The molecule has 0 saturated carbocycles. The molecular weight excluding hydrogens is 594 g/mol. The van der Waals surface area contributed by atoms with Crippen molar-refractivity contribution < 1.29 is 23.8 Å². The van der Waals surface area contributed by atoms with E-state index in [4.69, 9.17) is 19.3 Å². The molecule has 1 fully saturated rings. The van der Waals surface area contributed by atoms with Crippen LogP contribution in [0.5, 0.6) is 23.1 Å². The number of rotatable bonds is 11. The summed E-state index contributed by atoms with van der Waals surface area (Å²) in [7, 11) is 8.71. The summed E-state index contributed by atoms with van der Waals surface area (Å²) in [6.07, 6.45) is 2.70. The maximum absolute atomic E-state index is 13.4. The summed E-state index contributed by atoms with van der Waals surface area (Å²) in [5.41, 5.74) is 4.55. The number of hydrogen-bond donors (Lipinski definition) is 0. The van der Waals surface area contributed by atoms with E-state index in [1.165, 1.54) is 0 Å². The third-order valence-electron chi connectivity index (χ3n) is 8.28. The molecule has 4 aromatic rings. The van der Waals surface area contributed by atoms with Gasteiger partial charge >= 0.3 is 0 Å². The maximum Gasteiger partial charge on any atom is 0.253 e. The number of piperazine rings is 1. The number of ether oxygens (including phenoxy) is 3. The topological polar surface area (TPSA) is 89.4 Å². The summed E-state index contributed by atoms with van der Waals surface area (Å²) in [6.45, 7) is 5.19. The summed E-state index contributed by atoms with van der Waals surface area (Å²) < 4.78 is 19.2. The minimum atomic E-state index is -0.148. The number of benzene rings is 3. The fourth-order valence-electron chi connectivity index (χ4n) is 5.52. The zero-order chi connectivity index (χ0) is 33.5. The van der Waals surface area contributed by atoms with Crippen molar-refractivity contribution in [3.05, 3.63) is 95.2 Å². The third kappa shape index (κ3) is 8.01. The molecular formula is C37H43N5O5. The van der Waals surface area contributed by atoms with Gasteiger partial charge in [-0.05, 0) is 74.0 Å². The molecule has 2 heterocycles. The molecule has 0 unspecified atom stereocenters. The first-order valence-corrected chi connectivity index (χ1v) is 15.7. The molecule has 2 amide bonds. The van der Waals surface area contributed by atoms with Crippen LogP contribution in [0.4, 0.5) is 0 Å². The van der Waals surface area contributed by atoms with Crippen molar-refractivity contribution in [2.75, 3.05) is 61.5 Å². The Kier molecular flexibility index (Phi) is 10.6. The Morgan fingerprint density at radius 3 is 2.11 bits per heavy atom. The van der Waals surface area contributed by atoms with E-state index in [0.29, 0.717) is 41.5 Å². The fraction of sp³-hybridized carbons (Fsp3) is 0.324. The predicted molar refractivity (Wildman–Crippen MR) is 183 cm³/mol. The molecule has 0 bridgehead atoms. The van der Waals surface area contributed by atoms with Crippen molar-refractivity contribution >= 4 is 23.5 Å². The second-order valence-electron chi connectivity index (χ2n) is 11.8. The van der Waals surface area contributed by atoms with Crippen LogP contribution in [0.3, 0.4) is 0 Å². The first-order chi connectivity index (χ1) is 22.7. The fourth-order valence-corrected chi connectivity index (χ4v) is 5.52. The van der Waals surface area contributed by atoms with Crippen molar-refractivity contribution in [2.24, 2.45) is 0 Å². The Morgan fingerprint density at radius 2 is 1.51 bits per heavy atom. The molecule has 10 nitrogen and oxygen atoms in total. The van der Waals surface area contributed by atoms with Crippen LogP contribution in [0.15, 0.2) is 72.8 Å². The summed E-state index contributed by atoms with van der Waals surface area (Å²) in [6, 6.07) is 22.7. The lowest BCUT2D eigenvalue weighted by Crippen LogP contribution is -2.47. The first-order valence-electron chi connectivity index (χ1n) is 15.7. The van der Waals surface area contributed by atoms with Crippen molar-refractivity contribution in [1.82, 2.24) is 24.5 Å². The first kappa shape index (κ1) is 33.3. The third-order valence-corrected chi connectivity index (χ3v) is 8.28. The number of methoxy groups -OCH3 is 2. The minimum absolute atomic E-state index is 0.138. The molecule has 0 aliphatic carbocycles. The van der Waals surface area contributed by atoms with E-state index >= 15 is 0 Å². The van der Waals surface area contributed by atoms with E-state index in [1.54, 1.807) is 44.0 Å². The van der Waals surface area contributed by atoms with Gasteiger partial charge in [-0.3, -0.25) is 9.59 Å². The minimum Gasteiger partial charge on any atom is -0.497 e. The maximum atomic E-state index is 13.4. The summed E-state index contributed by atoms with van der Waals surface area (Å²) >= 11 is 0. The molecule has 0 atom stereocenters. The highest BCUT2D eigenvalue weighted by Crippen LogP contribution is 2.33. The van der Waals surface area contributed by atoms with Gasteiger partial charge in [-0.25, -0.2) is 4.68 Å². The Balaban J connectivity index is 1.45. The van der Waals surface area contributed by atoms with Crippen LogP contribution >= 0.6 is 0 Å². The Labute approximate surface area is 276 Å². The second-order valence-corrected chi connectivity index (χ2v) is 11.8. The molecule has 10 heteroatoms. The number of amides is 2. The molecule has 1 aliphatic rings. The number of nitrogens with zero attached hydrogens (tertiary/aromatic N) is 5. The number of likely N-dealkylation sites (N-methyl/N-ethyl adjacent to an activating group) is 2. The Morgan fingerprint density at radius 1 is 0.872 bits per heavy atom. The zero-order valence-electron chi connectivity index (χ0n) is 28.0. The van der Waals surface area contributed by atoms with Gasteiger partial charge in [0.25, 0.3) is 5.91 Å². The van der Waals surface area contributed by atoms with Gasteiger partial charge in [0.2, 0.25) is 11.8 Å². The van der Waals surface area contributed by atoms with E-state index in [1.807, 2.05) is 84.6 Å². The quantitative estimate of drug-likeness (QED) is 0.162. The lowest BCUT2D eigenvalue weighted by atomic mass is 10.0. The summed E-state index contributed by atoms with van der Waals surface area (Å²) in [5.74, 6) is 2.39. The molecule has 5 rings (SSSR count). The molecule has 0 spiro atoms. The standard InChI is InChI=1S/C37H43N5O5/c1-26-33(16-17-35(43)41-20-18-40(4)19-21-41)37(42(38-26)29-10-8-7-9-11-29)47-30-14-12-28(13-15-30)34(36(44)39(2)3)24-27-22-31(45-5)25-32(23-27)46-6/h7-15,22-25H,16-21H2,1-6H3. The average molecular weight is 638 g/mol. The average Bonchev–Trinajstić information content (AvgIpc) is 3.40. The highest BCUT2D eigenvalue weighted by Gasteiger charge is 2.23. The smallest absolute Gasteiger partial charge is 0.253 e. The van der Waals surface area contributed by atoms with Crippen LogP contribution in [0.1, 0.15) is 28.8 Å². The van der Waals surface area contributed by atoms with Gasteiger partial charge in [0, 0.05) is 63.9 Å². The zero-order valence-corrected chi connectivity index (χ0v) is 28.0. The lowest BCUT2D eigenvalue weighted by Gasteiger charge is -2.32. The van der Waals surface area contributed by atoms with Crippen LogP contribution in [0.25, 0.3) is 17.3 Å². The number of aryl methyl sites for hydroxylation is 1. The number of hydrogen-bond acceptors (Lipinski definition) is 7. The van der Waals surface area contributed by atoms with E-state index < -0.39 is 0 Å². The second kappa shape index (κ2) is 15.0. The SMILES string of the molecule is COc1cc(C=C(C(=O)N(C)C)c2ccc(Oc3c(CCC(=O)N4CCN(C)CC4)c(C)nn3-c3ccccc3)cc2)cc(OC)c1. The van der Waals surface area contributed by atoms with E-state index in [0.717, 1.165) is 54.3 Å². The highest BCUT2D eigenvalue weighted by atomic mass is 16.5. The molecule has 0 N–H and O–H groups in total. The predicted octanol–water partition coefficient (Wildman–Crippen LogP) is 5.33. The highest BCUT2D eigenvalue weighted by molar-refractivity contribution is 6.24. The number of carbonyl (C=O) groups is 2.